The number of aromatic nitrogens is 4. The number of anilines is 2. The molecule has 0 amide bonds. The second-order valence-corrected chi connectivity index (χ2v) is 5.21. The van der Waals surface area contributed by atoms with Crippen LogP contribution in [0.5, 0.6) is 0 Å². The third-order valence-corrected chi connectivity index (χ3v) is 3.03. The Morgan fingerprint density at radius 3 is 2.19 bits per heavy atom. The molecule has 0 fully saturated rings. The molecule has 3 N–H and O–H groups in total. The number of nitrogens with one attached hydrogen (secondary N) is 2. The Bertz CT molecular complexity index is 639. The van der Waals surface area contributed by atoms with Crippen LogP contribution in [0, 0.1) is 0 Å². The molecule has 0 aliphatic carbocycles. The van der Waals surface area contributed by atoms with Crippen molar-refractivity contribution >= 4 is 45.9 Å². The molecule has 0 spiro atoms. The molecule has 2 aromatic rings. The average Bonchev–Trinajstić information content (AvgIpc) is 2.45. The van der Waals surface area contributed by atoms with Crippen molar-refractivity contribution in [1.29, 1.82) is 0 Å². The summed E-state index contributed by atoms with van der Waals surface area (Å²) < 4.78 is 0. The normalized spacial score (nSPS) is 12.4. The van der Waals surface area contributed by atoms with Crippen molar-refractivity contribution in [3.63, 3.8) is 0 Å². The third-order valence-electron chi connectivity index (χ3n) is 2.69. The van der Waals surface area contributed by atoms with Crippen LogP contribution in [0.25, 0.3) is 11.0 Å². The Morgan fingerprint density at radius 1 is 1.05 bits per heavy atom. The standard InChI is InChI=1S/C12H16Cl2N6O/c1-3-4-15-9-7-8(18-11(13)19-9)10(16-6(2)5-21)20-12(14)17-7/h6,21H,3-5H2,1-2H3,(H,15,18,19)(H,16,17,20)/t6-/m1/s1. The van der Waals surface area contributed by atoms with Gasteiger partial charge in [0.25, 0.3) is 0 Å². The van der Waals surface area contributed by atoms with E-state index in [0.717, 1.165) is 13.0 Å². The van der Waals surface area contributed by atoms with Gasteiger partial charge in [0.2, 0.25) is 10.6 Å². The summed E-state index contributed by atoms with van der Waals surface area (Å²) in [5.41, 5.74) is 0.943. The lowest BCUT2D eigenvalue weighted by molar-refractivity contribution is 0.281. The van der Waals surface area contributed by atoms with E-state index in [9.17, 15) is 0 Å². The van der Waals surface area contributed by atoms with Gasteiger partial charge >= 0.3 is 0 Å². The van der Waals surface area contributed by atoms with Gasteiger partial charge in [-0.1, -0.05) is 6.92 Å². The van der Waals surface area contributed by atoms with Crippen LogP contribution in [-0.4, -0.2) is 44.2 Å². The highest BCUT2D eigenvalue weighted by Gasteiger charge is 2.15. The Morgan fingerprint density at radius 2 is 1.62 bits per heavy atom. The molecule has 114 valence electrons. The van der Waals surface area contributed by atoms with Gasteiger partial charge in [-0.3, -0.25) is 0 Å². The smallest absolute Gasteiger partial charge is 0.225 e. The molecular weight excluding hydrogens is 315 g/mol. The molecule has 0 saturated carbocycles. The van der Waals surface area contributed by atoms with Gasteiger partial charge in [0, 0.05) is 12.6 Å². The summed E-state index contributed by atoms with van der Waals surface area (Å²) in [5, 5.41) is 15.5. The highest BCUT2D eigenvalue weighted by molar-refractivity contribution is 6.30. The third kappa shape index (κ3) is 3.81. The molecule has 0 aliphatic rings. The quantitative estimate of drug-likeness (QED) is 0.699. The lowest BCUT2D eigenvalue weighted by atomic mass is 10.3. The van der Waals surface area contributed by atoms with E-state index in [2.05, 4.69) is 30.6 Å². The van der Waals surface area contributed by atoms with E-state index in [1.807, 2.05) is 6.92 Å². The maximum Gasteiger partial charge on any atom is 0.225 e. The van der Waals surface area contributed by atoms with Gasteiger partial charge in [0.15, 0.2) is 11.6 Å². The molecular formula is C12H16Cl2N6O. The van der Waals surface area contributed by atoms with Crippen molar-refractivity contribution in [2.45, 2.75) is 26.3 Å². The maximum absolute atomic E-state index is 9.15. The Labute approximate surface area is 132 Å². The topological polar surface area (TPSA) is 95.9 Å². The Hall–Kier alpha value is -1.44. The van der Waals surface area contributed by atoms with Crippen molar-refractivity contribution in [2.24, 2.45) is 0 Å². The van der Waals surface area contributed by atoms with Gasteiger partial charge in [0.1, 0.15) is 11.0 Å². The number of rotatable bonds is 6. The number of hydrogen-bond acceptors (Lipinski definition) is 7. The van der Waals surface area contributed by atoms with Crippen LogP contribution in [0.3, 0.4) is 0 Å². The molecule has 0 unspecified atom stereocenters. The van der Waals surface area contributed by atoms with Gasteiger partial charge in [-0.25, -0.2) is 9.97 Å². The van der Waals surface area contributed by atoms with E-state index in [1.54, 1.807) is 6.92 Å². The zero-order valence-electron chi connectivity index (χ0n) is 11.7. The predicted molar refractivity (Wildman–Crippen MR) is 84.1 cm³/mol. The summed E-state index contributed by atoms with van der Waals surface area (Å²) in [6, 6.07) is -0.208. The van der Waals surface area contributed by atoms with Crippen molar-refractivity contribution in [3.8, 4) is 0 Å². The lowest BCUT2D eigenvalue weighted by Crippen LogP contribution is -2.21. The van der Waals surface area contributed by atoms with Crippen molar-refractivity contribution in [2.75, 3.05) is 23.8 Å². The summed E-state index contributed by atoms with van der Waals surface area (Å²) in [7, 11) is 0. The number of halogens is 2. The number of aliphatic hydroxyl groups excluding tert-OH is 1. The minimum absolute atomic E-state index is 0.0527. The number of aliphatic hydroxyl groups is 1. The van der Waals surface area contributed by atoms with Gasteiger partial charge in [-0.05, 0) is 36.5 Å². The SMILES string of the molecule is CCCNc1nc(Cl)nc2c(N[C@H](C)CO)nc(Cl)nc12. The van der Waals surface area contributed by atoms with E-state index in [4.69, 9.17) is 28.3 Å². The highest BCUT2D eigenvalue weighted by atomic mass is 35.5. The molecule has 2 heterocycles. The Kier molecular flexibility index (Phi) is 5.33. The Balaban J connectivity index is 2.56. The summed E-state index contributed by atoms with van der Waals surface area (Å²) >= 11 is 11.9. The average molecular weight is 331 g/mol. The molecule has 0 radical (unpaired) electrons. The first kappa shape index (κ1) is 15.9. The molecule has 9 heteroatoms. The van der Waals surface area contributed by atoms with Crippen molar-refractivity contribution in [3.05, 3.63) is 10.6 Å². The van der Waals surface area contributed by atoms with E-state index < -0.39 is 0 Å². The van der Waals surface area contributed by atoms with Gasteiger partial charge in [0.05, 0.1) is 6.61 Å². The predicted octanol–water partition coefficient (Wildman–Crippen LogP) is 2.34. The lowest BCUT2D eigenvalue weighted by Gasteiger charge is -2.14. The van der Waals surface area contributed by atoms with E-state index in [1.165, 1.54) is 0 Å². The first-order valence-corrected chi connectivity index (χ1v) is 7.32. The summed E-state index contributed by atoms with van der Waals surface area (Å²) in [4.78, 5) is 16.6. The van der Waals surface area contributed by atoms with Gasteiger partial charge in [-0.15, -0.1) is 0 Å². The fourth-order valence-corrected chi connectivity index (χ4v) is 2.05. The molecule has 0 aromatic carbocycles. The van der Waals surface area contributed by atoms with Crippen LogP contribution in [-0.2, 0) is 0 Å². The minimum Gasteiger partial charge on any atom is -0.394 e. The largest absolute Gasteiger partial charge is 0.394 e. The molecule has 2 rings (SSSR count). The zero-order chi connectivity index (χ0) is 15.4. The van der Waals surface area contributed by atoms with E-state index in [0.29, 0.717) is 22.7 Å². The summed E-state index contributed by atoms with van der Waals surface area (Å²) in [5.74, 6) is 0.922. The second kappa shape index (κ2) is 7.02. The van der Waals surface area contributed by atoms with Gasteiger partial charge in [-0.2, -0.15) is 9.97 Å². The minimum atomic E-state index is -0.208. The molecule has 21 heavy (non-hydrogen) atoms. The molecule has 0 bridgehead atoms. The number of nitrogens with zero attached hydrogens (tertiary/aromatic N) is 4. The summed E-state index contributed by atoms with van der Waals surface area (Å²) in [6.07, 6.45) is 0.925. The first-order chi connectivity index (χ1) is 10.0. The van der Waals surface area contributed by atoms with E-state index in [-0.39, 0.29) is 23.2 Å². The van der Waals surface area contributed by atoms with Gasteiger partial charge < -0.3 is 15.7 Å². The summed E-state index contributed by atoms with van der Waals surface area (Å²) in [6.45, 7) is 4.51. The number of hydrogen-bond donors (Lipinski definition) is 3. The van der Waals surface area contributed by atoms with Crippen LogP contribution >= 0.6 is 23.2 Å². The van der Waals surface area contributed by atoms with Crippen molar-refractivity contribution < 1.29 is 5.11 Å². The van der Waals surface area contributed by atoms with Crippen LogP contribution < -0.4 is 10.6 Å². The molecule has 0 saturated heterocycles. The molecule has 0 aliphatic heterocycles. The maximum atomic E-state index is 9.15. The molecule has 7 nitrogen and oxygen atoms in total. The number of fused-ring (bicyclic) bond motifs is 1. The van der Waals surface area contributed by atoms with Crippen molar-refractivity contribution in [1.82, 2.24) is 19.9 Å². The van der Waals surface area contributed by atoms with Crippen LogP contribution in [0.1, 0.15) is 20.3 Å². The fraction of sp³-hybridized carbons (Fsp3) is 0.500. The monoisotopic (exact) mass is 330 g/mol. The fourth-order valence-electron chi connectivity index (χ4n) is 1.71. The van der Waals surface area contributed by atoms with E-state index >= 15 is 0 Å². The van der Waals surface area contributed by atoms with Crippen LogP contribution in [0.2, 0.25) is 10.6 Å². The second-order valence-electron chi connectivity index (χ2n) is 4.53. The highest BCUT2D eigenvalue weighted by Crippen LogP contribution is 2.27. The molecule has 2 aromatic heterocycles. The molecule has 1 atom stereocenters. The van der Waals surface area contributed by atoms with Crippen LogP contribution in [0.15, 0.2) is 0 Å². The first-order valence-electron chi connectivity index (χ1n) is 6.57. The van der Waals surface area contributed by atoms with Crippen LogP contribution in [0.4, 0.5) is 11.6 Å². The zero-order valence-corrected chi connectivity index (χ0v) is 13.2.